The molecule has 0 radical (unpaired) electrons. The third-order valence-electron chi connectivity index (χ3n) is 5.02. The minimum Gasteiger partial charge on any atom is -0.356 e. The van der Waals surface area contributed by atoms with Gasteiger partial charge in [-0.2, -0.15) is 13.2 Å². The van der Waals surface area contributed by atoms with Crippen LogP contribution in [0.3, 0.4) is 0 Å². The molecule has 1 aliphatic heterocycles. The number of nitrogens with zero attached hydrogens (tertiary/aromatic N) is 2. The van der Waals surface area contributed by atoms with Gasteiger partial charge in [-0.05, 0) is 43.9 Å². The van der Waals surface area contributed by atoms with Crippen molar-refractivity contribution in [3.8, 4) is 0 Å². The second-order valence-corrected chi connectivity index (χ2v) is 8.95. The quantitative estimate of drug-likeness (QED) is 0.319. The highest BCUT2D eigenvalue weighted by Gasteiger charge is 2.43. The van der Waals surface area contributed by atoms with E-state index in [1.165, 1.54) is 22.6 Å². The first-order valence-corrected chi connectivity index (χ1v) is 10.2. The molecule has 0 spiro atoms. The number of rotatable bonds is 7. The first-order chi connectivity index (χ1) is 12.9. The number of thioether (sulfide) groups is 1. The molecule has 2 fully saturated rings. The fourth-order valence-corrected chi connectivity index (χ4v) is 4.62. The Hall–Kier alpha value is -0.680. The Labute approximate surface area is 186 Å². The molecule has 4 nitrogen and oxygen atoms in total. The van der Waals surface area contributed by atoms with Crippen molar-refractivity contribution < 1.29 is 13.2 Å². The number of hydrogen-bond donors (Lipinski definition) is 2. The molecule has 1 aromatic rings. The van der Waals surface area contributed by atoms with Crippen molar-refractivity contribution >= 4 is 41.7 Å². The summed E-state index contributed by atoms with van der Waals surface area (Å²) in [6.45, 7) is 1.66. The maximum Gasteiger partial charge on any atom is 0.401 e. The molecule has 1 saturated heterocycles. The Morgan fingerprint density at radius 2 is 1.96 bits per heavy atom. The van der Waals surface area contributed by atoms with Crippen LogP contribution in [0.2, 0.25) is 0 Å². The SMILES string of the molecule is CN=C(NCC1CCN(CC(F)(F)F)C1)NCC1(Sc2ccccc2)CC1.I. The average Bonchev–Trinajstić information content (AvgIpc) is 3.24. The zero-order chi connectivity index (χ0) is 19.3. The van der Waals surface area contributed by atoms with Gasteiger partial charge in [0.25, 0.3) is 0 Å². The van der Waals surface area contributed by atoms with Gasteiger partial charge in [0, 0.05) is 36.3 Å². The molecule has 1 aromatic carbocycles. The highest BCUT2D eigenvalue weighted by molar-refractivity contribution is 14.0. The lowest BCUT2D eigenvalue weighted by Crippen LogP contribution is -2.43. The Kier molecular flexibility index (Phi) is 8.75. The Balaban J connectivity index is 0.00000280. The van der Waals surface area contributed by atoms with Crippen molar-refractivity contribution in [1.29, 1.82) is 0 Å². The summed E-state index contributed by atoms with van der Waals surface area (Å²) in [7, 11) is 1.73. The van der Waals surface area contributed by atoms with Gasteiger partial charge in [0.2, 0.25) is 0 Å². The normalized spacial score (nSPS) is 21.9. The second kappa shape index (κ2) is 10.4. The summed E-state index contributed by atoms with van der Waals surface area (Å²) >= 11 is 1.90. The second-order valence-electron chi connectivity index (χ2n) is 7.41. The third-order valence-corrected chi connectivity index (χ3v) is 6.51. The van der Waals surface area contributed by atoms with Crippen LogP contribution in [0.4, 0.5) is 13.2 Å². The predicted octanol–water partition coefficient (Wildman–Crippen LogP) is 3.98. The first kappa shape index (κ1) is 23.6. The van der Waals surface area contributed by atoms with E-state index < -0.39 is 12.7 Å². The number of likely N-dealkylation sites (tertiary alicyclic amines) is 1. The number of aliphatic imine (C=N–C) groups is 1. The molecule has 1 saturated carbocycles. The van der Waals surface area contributed by atoms with Gasteiger partial charge in [0.15, 0.2) is 5.96 Å². The molecule has 1 aliphatic carbocycles. The van der Waals surface area contributed by atoms with Crippen molar-refractivity contribution in [3.05, 3.63) is 30.3 Å². The van der Waals surface area contributed by atoms with Crippen LogP contribution < -0.4 is 10.6 Å². The Morgan fingerprint density at radius 1 is 1.25 bits per heavy atom. The third kappa shape index (κ3) is 7.62. The number of alkyl halides is 3. The van der Waals surface area contributed by atoms with E-state index in [-0.39, 0.29) is 34.6 Å². The summed E-state index contributed by atoms with van der Waals surface area (Å²) in [6.07, 6.45) is -0.986. The predicted molar refractivity (Wildman–Crippen MR) is 120 cm³/mol. The largest absolute Gasteiger partial charge is 0.401 e. The zero-order valence-corrected chi connectivity index (χ0v) is 19.1. The average molecular weight is 528 g/mol. The van der Waals surface area contributed by atoms with Gasteiger partial charge in [-0.25, -0.2) is 0 Å². The summed E-state index contributed by atoms with van der Waals surface area (Å²) in [5, 5.41) is 6.67. The molecule has 28 heavy (non-hydrogen) atoms. The monoisotopic (exact) mass is 528 g/mol. The maximum absolute atomic E-state index is 12.5. The summed E-state index contributed by atoms with van der Waals surface area (Å²) < 4.78 is 37.7. The smallest absolute Gasteiger partial charge is 0.356 e. The van der Waals surface area contributed by atoms with Crippen LogP contribution in [0.25, 0.3) is 0 Å². The van der Waals surface area contributed by atoms with E-state index in [2.05, 4.69) is 39.9 Å². The zero-order valence-electron chi connectivity index (χ0n) is 16.0. The Bertz CT molecular complexity index is 638. The molecule has 1 unspecified atom stereocenters. The number of hydrogen-bond acceptors (Lipinski definition) is 3. The number of nitrogens with one attached hydrogen (secondary N) is 2. The lowest BCUT2D eigenvalue weighted by molar-refractivity contribution is -0.143. The number of halogens is 4. The lowest BCUT2D eigenvalue weighted by Gasteiger charge is -2.20. The lowest BCUT2D eigenvalue weighted by atomic mass is 10.1. The van der Waals surface area contributed by atoms with Gasteiger partial charge >= 0.3 is 6.18 Å². The molecular formula is C19H28F3IN4S. The van der Waals surface area contributed by atoms with E-state index in [1.807, 2.05) is 17.8 Å². The summed E-state index contributed by atoms with van der Waals surface area (Å²) in [4.78, 5) is 7.01. The molecule has 158 valence electrons. The molecule has 1 heterocycles. The topological polar surface area (TPSA) is 39.7 Å². The minimum atomic E-state index is -4.12. The van der Waals surface area contributed by atoms with Crippen molar-refractivity contribution in [3.63, 3.8) is 0 Å². The van der Waals surface area contributed by atoms with Gasteiger partial charge in [0.1, 0.15) is 0 Å². The highest BCUT2D eigenvalue weighted by Crippen LogP contribution is 2.51. The molecule has 0 bridgehead atoms. The minimum absolute atomic E-state index is 0. The molecule has 2 aliphatic rings. The van der Waals surface area contributed by atoms with E-state index in [4.69, 9.17) is 0 Å². The first-order valence-electron chi connectivity index (χ1n) is 9.35. The van der Waals surface area contributed by atoms with E-state index >= 15 is 0 Å². The fourth-order valence-electron chi connectivity index (χ4n) is 3.38. The van der Waals surface area contributed by atoms with Crippen LogP contribution >= 0.6 is 35.7 Å². The van der Waals surface area contributed by atoms with Crippen molar-refractivity contribution in [2.45, 2.75) is 35.1 Å². The van der Waals surface area contributed by atoms with Crippen molar-refractivity contribution in [2.75, 3.05) is 39.8 Å². The summed E-state index contributed by atoms with van der Waals surface area (Å²) in [6, 6.07) is 10.4. The molecule has 3 rings (SSSR count). The van der Waals surface area contributed by atoms with E-state index in [1.54, 1.807) is 7.05 Å². The summed E-state index contributed by atoms with van der Waals surface area (Å²) in [5.41, 5.74) is 0. The Morgan fingerprint density at radius 3 is 2.57 bits per heavy atom. The van der Waals surface area contributed by atoms with Gasteiger partial charge in [-0.1, -0.05) is 18.2 Å². The summed E-state index contributed by atoms with van der Waals surface area (Å²) in [5.74, 6) is 0.948. The van der Waals surface area contributed by atoms with Crippen LogP contribution in [0.1, 0.15) is 19.3 Å². The van der Waals surface area contributed by atoms with E-state index in [0.29, 0.717) is 19.6 Å². The van der Waals surface area contributed by atoms with Crippen molar-refractivity contribution in [1.82, 2.24) is 15.5 Å². The van der Waals surface area contributed by atoms with Crippen LogP contribution in [-0.4, -0.2) is 61.6 Å². The maximum atomic E-state index is 12.5. The van der Waals surface area contributed by atoms with Gasteiger partial charge < -0.3 is 10.6 Å². The highest BCUT2D eigenvalue weighted by atomic mass is 127. The van der Waals surface area contributed by atoms with Gasteiger partial charge in [-0.3, -0.25) is 9.89 Å². The number of guanidine groups is 1. The van der Waals surface area contributed by atoms with Crippen molar-refractivity contribution in [2.24, 2.45) is 10.9 Å². The van der Waals surface area contributed by atoms with Crippen LogP contribution in [-0.2, 0) is 0 Å². The number of benzene rings is 1. The van der Waals surface area contributed by atoms with Gasteiger partial charge in [0.05, 0.1) is 6.54 Å². The van der Waals surface area contributed by atoms with E-state index in [9.17, 15) is 13.2 Å². The van der Waals surface area contributed by atoms with Gasteiger partial charge in [-0.15, -0.1) is 35.7 Å². The molecule has 9 heteroatoms. The molecule has 2 N–H and O–H groups in total. The molecule has 0 amide bonds. The molecule has 0 aromatic heterocycles. The van der Waals surface area contributed by atoms with Crippen LogP contribution in [0, 0.1) is 5.92 Å². The fraction of sp³-hybridized carbons (Fsp3) is 0.632. The van der Waals surface area contributed by atoms with Crippen LogP contribution in [0.15, 0.2) is 40.2 Å². The molecular weight excluding hydrogens is 500 g/mol. The van der Waals surface area contributed by atoms with Crippen LogP contribution in [0.5, 0.6) is 0 Å². The van der Waals surface area contributed by atoms with E-state index in [0.717, 1.165) is 18.9 Å². The molecule has 1 atom stereocenters. The standard InChI is InChI=1S/C19H27F3N4S.HI/c1-23-17(24-11-15-7-10-26(12-15)14-19(20,21)22)25-13-18(8-9-18)27-16-5-3-2-4-6-16;/h2-6,15H,7-14H2,1H3,(H2,23,24,25);1H.